The normalized spacial score (nSPS) is 15.0. The molecule has 0 saturated heterocycles. The Bertz CT molecular complexity index is 242. The number of rotatable bonds is 4. The Kier molecular flexibility index (Phi) is 3.32. The highest BCUT2D eigenvalue weighted by molar-refractivity contribution is 5.44. The predicted octanol–water partition coefficient (Wildman–Crippen LogP) is 2.26. The molecule has 1 unspecified atom stereocenters. The summed E-state index contributed by atoms with van der Waals surface area (Å²) in [6, 6.07) is 9.95. The van der Waals surface area contributed by atoms with Crippen molar-refractivity contribution < 1.29 is 5.11 Å². The van der Waals surface area contributed by atoms with Crippen molar-refractivity contribution >= 4 is 5.69 Å². The first-order valence-electron chi connectivity index (χ1n) is 4.64. The summed E-state index contributed by atoms with van der Waals surface area (Å²) in [5, 5.41) is 12.5. The van der Waals surface area contributed by atoms with Gasteiger partial charge in [0.15, 0.2) is 0 Å². The fourth-order valence-electron chi connectivity index (χ4n) is 1.11. The minimum absolute atomic E-state index is 0.151. The van der Waals surface area contributed by atoms with E-state index in [1.165, 1.54) is 0 Å². The fourth-order valence-corrected chi connectivity index (χ4v) is 1.11. The van der Waals surface area contributed by atoms with Crippen LogP contribution in [0.25, 0.3) is 0 Å². The molecule has 0 heterocycles. The summed E-state index contributed by atoms with van der Waals surface area (Å²) >= 11 is 0. The van der Waals surface area contributed by atoms with Crippen LogP contribution in [0.3, 0.4) is 0 Å². The molecule has 0 fully saturated rings. The van der Waals surface area contributed by atoms with E-state index in [-0.39, 0.29) is 12.1 Å². The largest absolute Gasteiger partial charge is 0.394 e. The Balaban J connectivity index is 2.68. The van der Waals surface area contributed by atoms with Gasteiger partial charge in [-0.1, -0.05) is 25.1 Å². The van der Waals surface area contributed by atoms with Gasteiger partial charge in [0.1, 0.15) is 0 Å². The van der Waals surface area contributed by atoms with E-state index in [0.29, 0.717) is 0 Å². The molecule has 0 spiro atoms. The van der Waals surface area contributed by atoms with Crippen LogP contribution in [0, 0.1) is 0 Å². The third-order valence-electron chi connectivity index (χ3n) is 2.35. The van der Waals surface area contributed by atoms with Crippen LogP contribution in [0.4, 0.5) is 5.69 Å². The van der Waals surface area contributed by atoms with Gasteiger partial charge in [0, 0.05) is 5.69 Å². The number of anilines is 1. The van der Waals surface area contributed by atoms with Crippen LogP contribution in [-0.4, -0.2) is 17.3 Å². The number of para-hydroxylation sites is 1. The molecular weight excluding hydrogens is 162 g/mol. The first-order chi connectivity index (χ1) is 6.20. The Morgan fingerprint density at radius 1 is 1.31 bits per heavy atom. The van der Waals surface area contributed by atoms with E-state index in [2.05, 4.69) is 12.2 Å². The maximum Gasteiger partial charge on any atom is 0.0658 e. The van der Waals surface area contributed by atoms with Gasteiger partial charge in [0.05, 0.1) is 12.1 Å². The van der Waals surface area contributed by atoms with Crippen LogP contribution in [0.1, 0.15) is 20.3 Å². The van der Waals surface area contributed by atoms with Crippen LogP contribution in [0.5, 0.6) is 0 Å². The quantitative estimate of drug-likeness (QED) is 0.743. The molecule has 0 amide bonds. The van der Waals surface area contributed by atoms with Gasteiger partial charge in [0.2, 0.25) is 0 Å². The molecule has 1 atom stereocenters. The maximum absolute atomic E-state index is 9.18. The van der Waals surface area contributed by atoms with Gasteiger partial charge in [-0.3, -0.25) is 0 Å². The van der Waals surface area contributed by atoms with E-state index >= 15 is 0 Å². The Morgan fingerprint density at radius 2 is 1.92 bits per heavy atom. The molecule has 0 aliphatic rings. The molecule has 1 aromatic carbocycles. The second-order valence-corrected chi connectivity index (χ2v) is 3.56. The molecule has 13 heavy (non-hydrogen) atoms. The van der Waals surface area contributed by atoms with Crippen LogP contribution < -0.4 is 5.32 Å². The number of aliphatic hydroxyl groups is 1. The van der Waals surface area contributed by atoms with Crippen molar-refractivity contribution in [1.29, 1.82) is 0 Å². The fraction of sp³-hybridized carbons (Fsp3) is 0.455. The lowest BCUT2D eigenvalue weighted by atomic mass is 10.00. The zero-order valence-corrected chi connectivity index (χ0v) is 8.25. The smallest absolute Gasteiger partial charge is 0.0658 e. The molecule has 2 N–H and O–H groups in total. The van der Waals surface area contributed by atoms with E-state index in [1.807, 2.05) is 37.3 Å². The minimum Gasteiger partial charge on any atom is -0.394 e. The van der Waals surface area contributed by atoms with Crippen LogP contribution in [0.15, 0.2) is 30.3 Å². The number of benzene rings is 1. The van der Waals surface area contributed by atoms with E-state index in [1.54, 1.807) is 0 Å². The van der Waals surface area contributed by atoms with Crippen LogP contribution >= 0.6 is 0 Å². The highest BCUT2D eigenvalue weighted by atomic mass is 16.3. The Morgan fingerprint density at radius 3 is 2.38 bits per heavy atom. The number of hydrogen-bond acceptors (Lipinski definition) is 2. The molecule has 2 nitrogen and oxygen atoms in total. The maximum atomic E-state index is 9.18. The summed E-state index contributed by atoms with van der Waals surface area (Å²) in [7, 11) is 0. The molecule has 0 radical (unpaired) electrons. The first kappa shape index (κ1) is 10.1. The Hall–Kier alpha value is -1.02. The SMILES string of the molecule is CCC(C)(CO)Nc1ccccc1. The van der Waals surface area contributed by atoms with Gasteiger partial charge in [0.25, 0.3) is 0 Å². The highest BCUT2D eigenvalue weighted by Gasteiger charge is 2.19. The van der Waals surface area contributed by atoms with Crippen molar-refractivity contribution in [3.05, 3.63) is 30.3 Å². The number of nitrogens with one attached hydrogen (secondary N) is 1. The third kappa shape index (κ3) is 2.74. The van der Waals surface area contributed by atoms with Crippen molar-refractivity contribution in [1.82, 2.24) is 0 Å². The monoisotopic (exact) mass is 179 g/mol. The van der Waals surface area contributed by atoms with Gasteiger partial charge in [-0.05, 0) is 25.5 Å². The summed E-state index contributed by atoms with van der Waals surface area (Å²) in [6.07, 6.45) is 0.901. The molecule has 0 bridgehead atoms. The zero-order chi connectivity index (χ0) is 9.73. The molecule has 1 aromatic rings. The van der Waals surface area contributed by atoms with Crippen molar-refractivity contribution in [2.24, 2.45) is 0 Å². The molecule has 0 aliphatic carbocycles. The zero-order valence-electron chi connectivity index (χ0n) is 8.25. The van der Waals surface area contributed by atoms with Crippen molar-refractivity contribution in [2.75, 3.05) is 11.9 Å². The van der Waals surface area contributed by atoms with E-state index < -0.39 is 0 Å². The highest BCUT2D eigenvalue weighted by Crippen LogP contribution is 2.17. The van der Waals surface area contributed by atoms with Crippen LogP contribution in [0.2, 0.25) is 0 Å². The molecule has 0 saturated carbocycles. The average molecular weight is 179 g/mol. The second-order valence-electron chi connectivity index (χ2n) is 3.56. The second kappa shape index (κ2) is 4.28. The molecule has 0 aromatic heterocycles. The summed E-state index contributed by atoms with van der Waals surface area (Å²) in [5.41, 5.74) is 0.849. The average Bonchev–Trinajstić information content (AvgIpc) is 2.19. The summed E-state index contributed by atoms with van der Waals surface area (Å²) in [6.45, 7) is 4.23. The lowest BCUT2D eigenvalue weighted by Gasteiger charge is -2.28. The third-order valence-corrected chi connectivity index (χ3v) is 2.35. The standard InChI is InChI=1S/C11H17NO/c1-3-11(2,9-13)12-10-7-5-4-6-8-10/h4-8,12-13H,3,9H2,1-2H3. The van der Waals surface area contributed by atoms with Gasteiger partial charge in [-0.2, -0.15) is 0 Å². The van der Waals surface area contributed by atoms with Crippen molar-refractivity contribution in [3.63, 3.8) is 0 Å². The lowest BCUT2D eigenvalue weighted by molar-refractivity contribution is 0.219. The topological polar surface area (TPSA) is 32.3 Å². The van der Waals surface area contributed by atoms with Crippen molar-refractivity contribution in [3.8, 4) is 0 Å². The molecular formula is C11H17NO. The van der Waals surface area contributed by atoms with E-state index in [9.17, 15) is 5.11 Å². The van der Waals surface area contributed by atoms with Gasteiger partial charge in [-0.15, -0.1) is 0 Å². The Labute approximate surface area is 79.6 Å². The van der Waals surface area contributed by atoms with Crippen molar-refractivity contribution in [2.45, 2.75) is 25.8 Å². The summed E-state index contributed by atoms with van der Waals surface area (Å²) in [4.78, 5) is 0. The number of hydrogen-bond donors (Lipinski definition) is 2. The molecule has 0 aliphatic heterocycles. The molecule has 2 heteroatoms. The minimum atomic E-state index is -0.207. The summed E-state index contributed by atoms with van der Waals surface area (Å²) < 4.78 is 0. The van der Waals surface area contributed by atoms with E-state index in [0.717, 1.165) is 12.1 Å². The van der Waals surface area contributed by atoms with E-state index in [4.69, 9.17) is 0 Å². The number of aliphatic hydroxyl groups excluding tert-OH is 1. The molecule has 1 rings (SSSR count). The predicted molar refractivity (Wildman–Crippen MR) is 55.8 cm³/mol. The van der Waals surface area contributed by atoms with Crippen LogP contribution in [-0.2, 0) is 0 Å². The lowest BCUT2D eigenvalue weighted by Crippen LogP contribution is -2.37. The first-order valence-corrected chi connectivity index (χ1v) is 4.64. The van der Waals surface area contributed by atoms with Gasteiger partial charge >= 0.3 is 0 Å². The molecule has 72 valence electrons. The summed E-state index contributed by atoms with van der Waals surface area (Å²) in [5.74, 6) is 0. The van der Waals surface area contributed by atoms with Gasteiger partial charge in [-0.25, -0.2) is 0 Å². The van der Waals surface area contributed by atoms with Gasteiger partial charge < -0.3 is 10.4 Å².